The van der Waals surface area contributed by atoms with Crippen molar-refractivity contribution in [2.75, 3.05) is 20.2 Å². The lowest BCUT2D eigenvalue weighted by molar-refractivity contribution is 0.0712. The van der Waals surface area contributed by atoms with Crippen LogP contribution in [-0.2, 0) is 7.05 Å². The molecule has 0 saturated carbocycles. The molecule has 0 radical (unpaired) electrons. The Labute approximate surface area is 140 Å². The molecule has 2 aromatic rings. The summed E-state index contributed by atoms with van der Waals surface area (Å²) in [5.74, 6) is 2.13. The fraction of sp³-hybridized carbons (Fsp3) is 0.438. The highest BCUT2D eigenvalue weighted by Gasteiger charge is 2.24. The average Bonchev–Trinajstić information content (AvgIpc) is 3.00. The van der Waals surface area contributed by atoms with E-state index < -0.39 is 0 Å². The normalized spacial score (nSPS) is 17.2. The Hall–Kier alpha value is -2.77. The number of aryl methyl sites for hydroxylation is 1. The van der Waals surface area contributed by atoms with E-state index in [0.717, 1.165) is 5.75 Å². The molecule has 0 fully saturated rings. The van der Waals surface area contributed by atoms with Gasteiger partial charge in [-0.15, -0.1) is 10.2 Å². The second-order valence-corrected chi connectivity index (χ2v) is 5.85. The van der Waals surface area contributed by atoms with E-state index in [1.807, 2.05) is 38.2 Å². The van der Waals surface area contributed by atoms with Gasteiger partial charge in [0.15, 0.2) is 23.4 Å². The molecular weight excluding hydrogens is 310 g/mol. The smallest absolute Gasteiger partial charge is 0.317 e. The van der Waals surface area contributed by atoms with Gasteiger partial charge in [0.05, 0.1) is 12.6 Å². The second kappa shape index (κ2) is 6.77. The number of ether oxygens (including phenoxy) is 2. The molecular formula is C16H21N5O3. The lowest BCUT2D eigenvalue weighted by Crippen LogP contribution is -2.46. The quantitative estimate of drug-likeness (QED) is 0.915. The SMILES string of the molecule is C[C@@H](NC(=O)N(C)C[C@H]1COc2ccccc2O1)c1nncn1C. The number of urea groups is 1. The van der Waals surface area contributed by atoms with E-state index in [4.69, 9.17) is 9.47 Å². The van der Waals surface area contributed by atoms with Crippen molar-refractivity contribution in [3.8, 4) is 11.5 Å². The van der Waals surface area contributed by atoms with Crippen LogP contribution in [0.5, 0.6) is 11.5 Å². The van der Waals surface area contributed by atoms with Gasteiger partial charge in [-0.1, -0.05) is 12.1 Å². The van der Waals surface area contributed by atoms with Crippen LogP contribution in [0.25, 0.3) is 0 Å². The maximum atomic E-state index is 12.3. The van der Waals surface area contributed by atoms with Crippen LogP contribution < -0.4 is 14.8 Å². The highest BCUT2D eigenvalue weighted by molar-refractivity contribution is 5.74. The Morgan fingerprint density at radius 2 is 2.21 bits per heavy atom. The van der Waals surface area contributed by atoms with E-state index in [1.54, 1.807) is 22.8 Å². The summed E-state index contributed by atoms with van der Waals surface area (Å²) in [6, 6.07) is 7.08. The number of benzene rings is 1. The minimum absolute atomic E-state index is 0.201. The molecule has 128 valence electrons. The van der Waals surface area contributed by atoms with Gasteiger partial charge in [-0.25, -0.2) is 4.79 Å². The van der Waals surface area contributed by atoms with Crippen LogP contribution >= 0.6 is 0 Å². The number of carbonyl (C=O) groups is 1. The molecule has 1 aromatic carbocycles. The molecule has 0 saturated heterocycles. The van der Waals surface area contributed by atoms with Crippen LogP contribution in [0.2, 0.25) is 0 Å². The monoisotopic (exact) mass is 331 g/mol. The van der Waals surface area contributed by atoms with Gasteiger partial charge in [0, 0.05) is 14.1 Å². The van der Waals surface area contributed by atoms with Crippen molar-refractivity contribution in [3.05, 3.63) is 36.4 Å². The first-order valence-corrected chi connectivity index (χ1v) is 7.78. The molecule has 2 amide bonds. The Morgan fingerprint density at radius 1 is 1.46 bits per heavy atom. The number of aromatic nitrogens is 3. The van der Waals surface area contributed by atoms with Crippen LogP contribution in [-0.4, -0.2) is 52.0 Å². The molecule has 0 aliphatic carbocycles. The third kappa shape index (κ3) is 3.42. The van der Waals surface area contributed by atoms with Gasteiger partial charge in [-0.3, -0.25) is 0 Å². The van der Waals surface area contributed by atoms with Gasteiger partial charge in [-0.05, 0) is 19.1 Å². The van der Waals surface area contributed by atoms with Gasteiger partial charge in [0.1, 0.15) is 12.9 Å². The van der Waals surface area contributed by atoms with Crippen LogP contribution in [0.3, 0.4) is 0 Å². The first-order chi connectivity index (χ1) is 11.5. The molecule has 0 spiro atoms. The van der Waals surface area contributed by atoms with Crippen molar-refractivity contribution in [2.45, 2.75) is 19.1 Å². The number of nitrogens with zero attached hydrogens (tertiary/aromatic N) is 4. The fourth-order valence-electron chi connectivity index (χ4n) is 2.59. The number of fused-ring (bicyclic) bond motifs is 1. The van der Waals surface area contributed by atoms with Crippen LogP contribution in [0.1, 0.15) is 18.8 Å². The second-order valence-electron chi connectivity index (χ2n) is 5.85. The Kier molecular flexibility index (Phi) is 4.54. The average molecular weight is 331 g/mol. The molecule has 2 atom stereocenters. The molecule has 1 aromatic heterocycles. The summed E-state index contributed by atoms with van der Waals surface area (Å²) >= 11 is 0. The van der Waals surface area contributed by atoms with E-state index in [-0.39, 0.29) is 18.2 Å². The molecule has 2 heterocycles. The number of hydrogen-bond acceptors (Lipinski definition) is 5. The van der Waals surface area contributed by atoms with Crippen LogP contribution in [0, 0.1) is 0 Å². The predicted molar refractivity (Wildman–Crippen MR) is 86.9 cm³/mol. The van der Waals surface area contributed by atoms with Gasteiger partial charge < -0.3 is 24.3 Å². The molecule has 1 N–H and O–H groups in total. The third-order valence-electron chi connectivity index (χ3n) is 3.87. The van der Waals surface area contributed by atoms with Crippen molar-refractivity contribution in [2.24, 2.45) is 7.05 Å². The van der Waals surface area contributed by atoms with Gasteiger partial charge in [-0.2, -0.15) is 0 Å². The van der Waals surface area contributed by atoms with Gasteiger partial charge >= 0.3 is 6.03 Å². The lowest BCUT2D eigenvalue weighted by Gasteiger charge is -2.30. The first-order valence-electron chi connectivity index (χ1n) is 7.78. The van der Waals surface area contributed by atoms with Crippen LogP contribution in [0.15, 0.2) is 30.6 Å². The largest absolute Gasteiger partial charge is 0.486 e. The first kappa shape index (κ1) is 16.1. The number of carbonyl (C=O) groups excluding carboxylic acids is 1. The molecule has 1 aliphatic rings. The zero-order valence-electron chi connectivity index (χ0n) is 14.0. The number of rotatable bonds is 4. The highest BCUT2D eigenvalue weighted by atomic mass is 16.6. The van der Waals surface area contributed by atoms with E-state index in [0.29, 0.717) is 24.7 Å². The maximum absolute atomic E-state index is 12.3. The minimum atomic E-state index is -0.239. The summed E-state index contributed by atoms with van der Waals surface area (Å²) in [6.45, 7) is 2.70. The summed E-state index contributed by atoms with van der Waals surface area (Å²) in [4.78, 5) is 13.9. The van der Waals surface area contributed by atoms with Gasteiger partial charge in [0.25, 0.3) is 0 Å². The summed E-state index contributed by atoms with van der Waals surface area (Å²) in [7, 11) is 3.56. The molecule has 8 heteroatoms. The Morgan fingerprint density at radius 3 is 2.92 bits per heavy atom. The molecule has 24 heavy (non-hydrogen) atoms. The van der Waals surface area contributed by atoms with E-state index in [9.17, 15) is 4.79 Å². The third-order valence-corrected chi connectivity index (χ3v) is 3.87. The number of nitrogens with one attached hydrogen (secondary N) is 1. The highest BCUT2D eigenvalue weighted by Crippen LogP contribution is 2.30. The minimum Gasteiger partial charge on any atom is -0.486 e. The van der Waals surface area contributed by atoms with E-state index in [2.05, 4.69) is 15.5 Å². The lowest BCUT2D eigenvalue weighted by atomic mass is 10.2. The summed E-state index contributed by atoms with van der Waals surface area (Å²) in [5, 5.41) is 10.7. The number of amides is 2. The molecule has 0 bridgehead atoms. The standard InChI is InChI=1S/C16H21N5O3/c1-11(15-19-17-10-21(15)3)18-16(22)20(2)8-12-9-23-13-6-4-5-7-14(13)24-12/h4-7,10-12H,8-9H2,1-3H3,(H,18,22)/t11-,12+/m1/s1. The number of hydrogen-bond donors (Lipinski definition) is 1. The molecule has 1 aliphatic heterocycles. The van der Waals surface area contributed by atoms with Crippen molar-refractivity contribution in [1.82, 2.24) is 25.0 Å². The number of para-hydroxylation sites is 2. The zero-order valence-corrected chi connectivity index (χ0v) is 14.0. The Bertz CT molecular complexity index is 717. The predicted octanol–water partition coefficient (Wildman–Crippen LogP) is 1.36. The van der Waals surface area contributed by atoms with Crippen molar-refractivity contribution >= 4 is 6.03 Å². The molecule has 3 rings (SSSR count). The van der Waals surface area contributed by atoms with Gasteiger partial charge in [0.2, 0.25) is 0 Å². The summed E-state index contributed by atoms with van der Waals surface area (Å²) < 4.78 is 13.3. The summed E-state index contributed by atoms with van der Waals surface area (Å²) in [6.07, 6.45) is 1.40. The van der Waals surface area contributed by atoms with E-state index >= 15 is 0 Å². The summed E-state index contributed by atoms with van der Waals surface area (Å²) in [5.41, 5.74) is 0. The van der Waals surface area contributed by atoms with Crippen LogP contribution in [0.4, 0.5) is 4.79 Å². The molecule has 8 nitrogen and oxygen atoms in total. The van der Waals surface area contributed by atoms with Crippen molar-refractivity contribution in [3.63, 3.8) is 0 Å². The fourth-order valence-corrected chi connectivity index (χ4v) is 2.59. The Balaban J connectivity index is 1.54. The van der Waals surface area contributed by atoms with Crippen molar-refractivity contribution < 1.29 is 14.3 Å². The topological polar surface area (TPSA) is 81.5 Å². The van der Waals surface area contributed by atoms with Crippen molar-refractivity contribution in [1.29, 1.82) is 0 Å². The zero-order chi connectivity index (χ0) is 17.1. The number of likely N-dealkylation sites (N-methyl/N-ethyl adjacent to an activating group) is 1. The molecule has 0 unspecified atom stereocenters. The van der Waals surface area contributed by atoms with E-state index in [1.165, 1.54) is 0 Å². The maximum Gasteiger partial charge on any atom is 0.317 e.